The molecule has 1 aliphatic heterocycles. The minimum atomic E-state index is -0.538. The van der Waals surface area contributed by atoms with Crippen LogP contribution in [0.3, 0.4) is 0 Å². The van der Waals surface area contributed by atoms with E-state index in [2.05, 4.69) is 9.97 Å². The fraction of sp³-hybridized carbons (Fsp3) is 0.583. The number of aliphatic hydroxyl groups is 1. The summed E-state index contributed by atoms with van der Waals surface area (Å²) in [6.45, 7) is 2.58. The Bertz CT molecular complexity index is 463. The van der Waals surface area contributed by atoms with Crippen molar-refractivity contribution >= 4 is 17.6 Å². The number of aromatic nitrogens is 2. The summed E-state index contributed by atoms with van der Waals surface area (Å²) in [6, 6.07) is 1.21. The van der Waals surface area contributed by atoms with Crippen molar-refractivity contribution in [2.24, 2.45) is 0 Å². The molecule has 104 valence electrons. The zero-order chi connectivity index (χ0) is 14.0. The number of rotatable bonds is 3. The third-order valence-corrected chi connectivity index (χ3v) is 3.26. The maximum atomic E-state index is 11.7. The SMILES string of the molecule is COC(=O)C1CC(O)CN1Cc1nc(C)cc(Cl)n1. The Kier molecular flexibility index (Phi) is 4.34. The van der Waals surface area contributed by atoms with E-state index in [4.69, 9.17) is 16.3 Å². The third kappa shape index (κ3) is 3.40. The summed E-state index contributed by atoms with van der Waals surface area (Å²) < 4.78 is 4.74. The Morgan fingerprint density at radius 1 is 1.63 bits per heavy atom. The van der Waals surface area contributed by atoms with Crippen molar-refractivity contribution < 1.29 is 14.6 Å². The zero-order valence-electron chi connectivity index (χ0n) is 10.8. The molecule has 2 heterocycles. The smallest absolute Gasteiger partial charge is 0.323 e. The maximum Gasteiger partial charge on any atom is 0.323 e. The van der Waals surface area contributed by atoms with E-state index in [0.717, 1.165) is 5.69 Å². The molecule has 6 nitrogen and oxygen atoms in total. The summed E-state index contributed by atoms with van der Waals surface area (Å²) in [4.78, 5) is 21.9. The first kappa shape index (κ1) is 14.2. The van der Waals surface area contributed by atoms with E-state index in [1.54, 1.807) is 6.07 Å². The van der Waals surface area contributed by atoms with Crippen LogP contribution in [0.5, 0.6) is 0 Å². The van der Waals surface area contributed by atoms with Crippen LogP contribution < -0.4 is 0 Å². The van der Waals surface area contributed by atoms with Crippen LogP contribution in [0.1, 0.15) is 17.9 Å². The number of likely N-dealkylation sites (tertiary alicyclic amines) is 1. The minimum absolute atomic E-state index is 0.352. The number of aryl methyl sites for hydroxylation is 1. The van der Waals surface area contributed by atoms with Gasteiger partial charge in [-0.15, -0.1) is 0 Å². The van der Waals surface area contributed by atoms with Crippen molar-refractivity contribution in [3.8, 4) is 0 Å². The molecule has 2 atom stereocenters. The number of hydrogen-bond acceptors (Lipinski definition) is 6. The second-order valence-corrected chi connectivity index (χ2v) is 4.99. The summed E-state index contributed by atoms with van der Waals surface area (Å²) in [7, 11) is 1.34. The number of β-amino-alcohol motifs (C(OH)–C–C–N with tert-alkyl or cyclic N) is 1. The number of carbonyl (C=O) groups excluding carboxylic acids is 1. The van der Waals surface area contributed by atoms with Crippen molar-refractivity contribution in [3.63, 3.8) is 0 Å². The molecule has 0 aromatic carbocycles. The highest BCUT2D eigenvalue weighted by Crippen LogP contribution is 2.21. The van der Waals surface area contributed by atoms with Crippen LogP contribution in [-0.2, 0) is 16.1 Å². The number of aliphatic hydroxyl groups excluding tert-OH is 1. The van der Waals surface area contributed by atoms with Gasteiger partial charge in [0, 0.05) is 18.7 Å². The van der Waals surface area contributed by atoms with Crippen LogP contribution in [-0.4, -0.2) is 51.7 Å². The van der Waals surface area contributed by atoms with E-state index in [-0.39, 0.29) is 5.97 Å². The van der Waals surface area contributed by atoms with Gasteiger partial charge < -0.3 is 9.84 Å². The van der Waals surface area contributed by atoms with Crippen molar-refractivity contribution in [2.75, 3.05) is 13.7 Å². The lowest BCUT2D eigenvalue weighted by molar-refractivity contribution is -0.146. The van der Waals surface area contributed by atoms with Crippen molar-refractivity contribution in [2.45, 2.75) is 32.0 Å². The quantitative estimate of drug-likeness (QED) is 0.646. The molecule has 19 heavy (non-hydrogen) atoms. The average Bonchev–Trinajstić information content (AvgIpc) is 2.68. The molecule has 1 saturated heterocycles. The highest BCUT2D eigenvalue weighted by Gasteiger charge is 2.37. The van der Waals surface area contributed by atoms with Crippen LogP contribution in [0.2, 0.25) is 5.15 Å². The van der Waals surface area contributed by atoms with Crippen molar-refractivity contribution in [1.29, 1.82) is 0 Å². The first-order valence-corrected chi connectivity index (χ1v) is 6.37. The fourth-order valence-corrected chi connectivity index (χ4v) is 2.53. The molecule has 1 fully saturated rings. The Labute approximate surface area is 116 Å². The number of nitrogens with zero attached hydrogens (tertiary/aromatic N) is 3. The van der Waals surface area contributed by atoms with E-state index >= 15 is 0 Å². The summed E-state index contributed by atoms with van der Waals surface area (Å²) in [6.07, 6.45) is -0.170. The van der Waals surface area contributed by atoms with Gasteiger partial charge in [-0.25, -0.2) is 9.97 Å². The predicted molar refractivity (Wildman–Crippen MR) is 68.6 cm³/mol. The first-order chi connectivity index (χ1) is 8.99. The van der Waals surface area contributed by atoms with E-state index in [1.807, 2.05) is 11.8 Å². The molecule has 7 heteroatoms. The fourth-order valence-electron chi connectivity index (χ4n) is 2.28. The normalized spacial score (nSPS) is 23.6. The van der Waals surface area contributed by atoms with Crippen LogP contribution in [0, 0.1) is 6.92 Å². The van der Waals surface area contributed by atoms with Crippen molar-refractivity contribution in [3.05, 3.63) is 22.7 Å². The standard InChI is InChI=1S/C12H16ClN3O3/c1-7-3-10(13)15-11(14-7)6-16-5-8(17)4-9(16)12(18)19-2/h3,8-9,17H,4-6H2,1-2H3. The van der Waals surface area contributed by atoms with Gasteiger partial charge in [-0.2, -0.15) is 0 Å². The van der Waals surface area contributed by atoms with E-state index < -0.39 is 12.1 Å². The largest absolute Gasteiger partial charge is 0.468 e. The molecule has 0 aliphatic carbocycles. The van der Waals surface area contributed by atoms with Gasteiger partial charge in [0.05, 0.1) is 19.8 Å². The summed E-state index contributed by atoms with van der Waals surface area (Å²) in [5, 5.41) is 10.1. The minimum Gasteiger partial charge on any atom is -0.468 e. The van der Waals surface area contributed by atoms with Gasteiger partial charge >= 0.3 is 5.97 Å². The van der Waals surface area contributed by atoms with E-state index in [1.165, 1.54) is 7.11 Å². The molecule has 1 aliphatic rings. The summed E-state index contributed by atoms with van der Waals surface area (Å²) in [5.41, 5.74) is 0.768. The first-order valence-electron chi connectivity index (χ1n) is 5.99. The molecular formula is C12H16ClN3O3. The molecule has 2 unspecified atom stereocenters. The molecule has 0 spiro atoms. The summed E-state index contributed by atoms with van der Waals surface area (Å²) in [5.74, 6) is 0.184. The Hall–Kier alpha value is -1.24. The van der Waals surface area contributed by atoms with Crippen LogP contribution in [0.15, 0.2) is 6.07 Å². The van der Waals surface area contributed by atoms with Gasteiger partial charge in [0.2, 0.25) is 0 Å². The molecule has 1 aromatic rings. The van der Waals surface area contributed by atoms with Gasteiger partial charge in [-0.3, -0.25) is 9.69 Å². The number of esters is 1. The zero-order valence-corrected chi connectivity index (χ0v) is 11.6. The Balaban J connectivity index is 2.14. The Morgan fingerprint density at radius 2 is 2.37 bits per heavy atom. The monoisotopic (exact) mass is 285 g/mol. The highest BCUT2D eigenvalue weighted by molar-refractivity contribution is 6.29. The molecule has 1 N–H and O–H groups in total. The molecule has 1 aromatic heterocycles. The van der Waals surface area contributed by atoms with Crippen LogP contribution in [0.4, 0.5) is 0 Å². The topological polar surface area (TPSA) is 75.6 Å². The summed E-state index contributed by atoms with van der Waals surface area (Å²) >= 11 is 5.88. The third-order valence-electron chi connectivity index (χ3n) is 3.07. The molecule has 0 radical (unpaired) electrons. The van der Waals surface area contributed by atoms with Gasteiger partial charge in [0.25, 0.3) is 0 Å². The lowest BCUT2D eigenvalue weighted by atomic mass is 10.2. The molecule has 2 rings (SSSR count). The number of halogens is 1. The highest BCUT2D eigenvalue weighted by atomic mass is 35.5. The van der Waals surface area contributed by atoms with Gasteiger partial charge in [-0.05, 0) is 13.0 Å². The molecule has 0 amide bonds. The number of carbonyl (C=O) groups is 1. The lowest BCUT2D eigenvalue weighted by Crippen LogP contribution is -2.36. The molecular weight excluding hydrogens is 270 g/mol. The number of methoxy groups -OCH3 is 1. The lowest BCUT2D eigenvalue weighted by Gasteiger charge is -2.21. The maximum absolute atomic E-state index is 11.7. The van der Waals surface area contributed by atoms with E-state index in [9.17, 15) is 9.90 Å². The van der Waals surface area contributed by atoms with Crippen molar-refractivity contribution in [1.82, 2.24) is 14.9 Å². The van der Waals surface area contributed by atoms with Crippen LogP contribution in [0.25, 0.3) is 0 Å². The van der Waals surface area contributed by atoms with Gasteiger partial charge in [0.1, 0.15) is 17.0 Å². The number of ether oxygens (including phenoxy) is 1. The van der Waals surface area contributed by atoms with Gasteiger partial charge in [0.15, 0.2) is 0 Å². The second kappa shape index (κ2) is 5.81. The van der Waals surface area contributed by atoms with E-state index in [0.29, 0.717) is 30.5 Å². The molecule has 0 saturated carbocycles. The molecule has 0 bridgehead atoms. The van der Waals surface area contributed by atoms with Crippen LogP contribution >= 0.6 is 11.6 Å². The van der Waals surface area contributed by atoms with Gasteiger partial charge in [-0.1, -0.05) is 11.6 Å². The Morgan fingerprint density at radius 3 is 3.00 bits per heavy atom. The predicted octanol–water partition coefficient (Wildman–Crippen LogP) is 0.547. The second-order valence-electron chi connectivity index (χ2n) is 4.61. The number of hydrogen-bond donors (Lipinski definition) is 1. The average molecular weight is 286 g/mol.